The van der Waals surface area contributed by atoms with Crippen LogP contribution in [0.3, 0.4) is 0 Å². The van der Waals surface area contributed by atoms with Crippen molar-refractivity contribution in [1.29, 1.82) is 0 Å². The molecule has 1 heterocycles. The molecule has 0 bridgehead atoms. The van der Waals surface area contributed by atoms with Crippen LogP contribution in [-0.2, 0) is 11.8 Å². The van der Waals surface area contributed by atoms with Crippen molar-refractivity contribution in [2.45, 2.75) is 20.8 Å². The maximum Gasteiger partial charge on any atom is 0.513 e. The lowest BCUT2D eigenvalue weighted by Gasteiger charge is -2.16. The molecule has 0 saturated heterocycles. The van der Waals surface area contributed by atoms with E-state index < -0.39 is 11.7 Å². The molecule has 0 unspecified atom stereocenters. The van der Waals surface area contributed by atoms with Gasteiger partial charge in [-0.3, -0.25) is 4.79 Å². The molecule has 0 atom stereocenters. The molecular weight excluding hydrogens is 400 g/mol. The topological polar surface area (TPSA) is 70.4 Å². The fourth-order valence-electron chi connectivity index (χ4n) is 2.35. The fourth-order valence-corrected chi connectivity index (χ4v) is 3.51. The van der Waals surface area contributed by atoms with Gasteiger partial charge in [0.1, 0.15) is 5.69 Å². The van der Waals surface area contributed by atoms with E-state index in [0.29, 0.717) is 20.8 Å². The Balaban J connectivity index is 2.78. The first-order chi connectivity index (χ1) is 11.3. The van der Waals surface area contributed by atoms with Crippen LogP contribution in [-0.4, -0.2) is 22.5 Å². The van der Waals surface area contributed by atoms with E-state index in [1.165, 1.54) is 11.7 Å². The first-order valence-corrected chi connectivity index (χ1v) is 8.31. The molecule has 2 aromatic rings. The molecular formula is C16H16BrClN2O4. The third kappa shape index (κ3) is 3.62. The zero-order valence-electron chi connectivity index (χ0n) is 13.6. The molecule has 1 aromatic heterocycles. The monoisotopic (exact) mass is 414 g/mol. The summed E-state index contributed by atoms with van der Waals surface area (Å²) in [5.41, 5.74) is 1.56. The third-order valence-corrected chi connectivity index (χ3v) is 4.16. The van der Waals surface area contributed by atoms with E-state index in [0.717, 1.165) is 5.56 Å². The number of carbonyl (C=O) groups is 1. The molecule has 0 spiro atoms. The maximum atomic E-state index is 12.7. The van der Waals surface area contributed by atoms with Crippen molar-refractivity contribution in [2.24, 2.45) is 7.05 Å². The molecule has 128 valence electrons. The van der Waals surface area contributed by atoms with Crippen LogP contribution in [0.2, 0.25) is 5.02 Å². The van der Waals surface area contributed by atoms with E-state index in [-0.39, 0.29) is 17.9 Å². The predicted molar refractivity (Wildman–Crippen MR) is 94.7 cm³/mol. The van der Waals surface area contributed by atoms with Crippen molar-refractivity contribution in [2.75, 3.05) is 6.61 Å². The molecule has 8 heteroatoms. The van der Waals surface area contributed by atoms with Gasteiger partial charge in [0.05, 0.1) is 12.2 Å². The van der Waals surface area contributed by atoms with Crippen molar-refractivity contribution in [3.8, 4) is 16.9 Å². The Kier molecular flexibility index (Phi) is 5.66. The van der Waals surface area contributed by atoms with Gasteiger partial charge in [0.15, 0.2) is 5.75 Å². The minimum atomic E-state index is -0.889. The number of halogens is 2. The van der Waals surface area contributed by atoms with Gasteiger partial charge < -0.3 is 9.47 Å². The SMILES string of the molecule is CCOC(=O)Oc1c(C)nn(C)c(=O)c1-c1c(C)cc(Cl)cc1Br. The summed E-state index contributed by atoms with van der Waals surface area (Å²) in [6.07, 6.45) is -0.889. The minimum absolute atomic E-state index is 0.0719. The van der Waals surface area contributed by atoms with Gasteiger partial charge in [-0.15, -0.1) is 0 Å². The zero-order chi connectivity index (χ0) is 18.0. The number of aryl methyl sites for hydroxylation is 3. The fraction of sp³-hybridized carbons (Fsp3) is 0.312. The Labute approximate surface area is 152 Å². The standard InChI is InChI=1S/C16H16BrClN2O4/c1-5-23-16(22)24-14-9(3)19-20(4)15(21)13(14)12-8(2)6-10(18)7-11(12)17/h6-7H,5H2,1-4H3. The van der Waals surface area contributed by atoms with Crippen molar-refractivity contribution in [1.82, 2.24) is 9.78 Å². The molecule has 0 amide bonds. The second-order valence-corrected chi connectivity index (χ2v) is 6.37. The van der Waals surface area contributed by atoms with E-state index in [4.69, 9.17) is 21.1 Å². The van der Waals surface area contributed by atoms with E-state index >= 15 is 0 Å². The normalized spacial score (nSPS) is 10.6. The van der Waals surface area contributed by atoms with Gasteiger partial charge in [0.2, 0.25) is 0 Å². The van der Waals surface area contributed by atoms with Crippen LogP contribution in [0.25, 0.3) is 11.1 Å². The van der Waals surface area contributed by atoms with Crippen molar-refractivity contribution < 1.29 is 14.3 Å². The average molecular weight is 416 g/mol. The summed E-state index contributed by atoms with van der Waals surface area (Å²) in [6.45, 7) is 5.29. The van der Waals surface area contributed by atoms with Crippen LogP contribution in [0.15, 0.2) is 21.4 Å². The number of ether oxygens (including phenoxy) is 2. The number of hydrogen-bond acceptors (Lipinski definition) is 5. The maximum absolute atomic E-state index is 12.7. The highest BCUT2D eigenvalue weighted by Crippen LogP contribution is 2.38. The molecule has 0 aliphatic rings. The Hall–Kier alpha value is -1.86. The molecule has 0 aliphatic carbocycles. The van der Waals surface area contributed by atoms with Crippen LogP contribution < -0.4 is 10.3 Å². The first-order valence-electron chi connectivity index (χ1n) is 7.14. The van der Waals surface area contributed by atoms with Gasteiger partial charge in [-0.2, -0.15) is 5.10 Å². The van der Waals surface area contributed by atoms with Crippen molar-refractivity contribution >= 4 is 33.7 Å². The van der Waals surface area contributed by atoms with E-state index in [1.807, 2.05) is 6.92 Å². The van der Waals surface area contributed by atoms with Gasteiger partial charge in [0, 0.05) is 22.1 Å². The molecule has 0 fully saturated rings. The largest absolute Gasteiger partial charge is 0.513 e. The van der Waals surface area contributed by atoms with Gasteiger partial charge in [0.25, 0.3) is 5.56 Å². The van der Waals surface area contributed by atoms with E-state index in [1.54, 1.807) is 26.0 Å². The van der Waals surface area contributed by atoms with Crippen LogP contribution in [0, 0.1) is 13.8 Å². The lowest BCUT2D eigenvalue weighted by atomic mass is 10.0. The van der Waals surface area contributed by atoms with Crippen LogP contribution in [0.1, 0.15) is 18.2 Å². The number of aromatic nitrogens is 2. The Bertz CT molecular complexity index is 841. The first kappa shape index (κ1) is 18.5. The summed E-state index contributed by atoms with van der Waals surface area (Å²) in [7, 11) is 1.53. The lowest BCUT2D eigenvalue weighted by molar-refractivity contribution is 0.104. The highest BCUT2D eigenvalue weighted by atomic mass is 79.9. The summed E-state index contributed by atoms with van der Waals surface area (Å²) in [6, 6.07) is 3.40. The van der Waals surface area contributed by atoms with Crippen LogP contribution in [0.5, 0.6) is 5.75 Å². The molecule has 24 heavy (non-hydrogen) atoms. The summed E-state index contributed by atoms with van der Waals surface area (Å²) in [4.78, 5) is 24.4. The number of carbonyl (C=O) groups excluding carboxylic acids is 1. The van der Waals surface area contributed by atoms with Crippen molar-refractivity contribution in [3.63, 3.8) is 0 Å². The quantitative estimate of drug-likeness (QED) is 0.708. The Morgan fingerprint density at radius 1 is 1.33 bits per heavy atom. The second kappa shape index (κ2) is 7.36. The molecule has 0 aliphatic heterocycles. The smallest absolute Gasteiger partial charge is 0.434 e. The lowest BCUT2D eigenvalue weighted by Crippen LogP contribution is -2.25. The molecule has 2 rings (SSSR count). The highest BCUT2D eigenvalue weighted by molar-refractivity contribution is 9.10. The van der Waals surface area contributed by atoms with Crippen LogP contribution in [0.4, 0.5) is 4.79 Å². The molecule has 6 nitrogen and oxygen atoms in total. The van der Waals surface area contributed by atoms with Crippen LogP contribution >= 0.6 is 27.5 Å². The molecule has 0 N–H and O–H groups in total. The summed E-state index contributed by atoms with van der Waals surface area (Å²) >= 11 is 9.47. The second-order valence-electron chi connectivity index (χ2n) is 5.08. The summed E-state index contributed by atoms with van der Waals surface area (Å²) < 4.78 is 11.9. The van der Waals surface area contributed by atoms with E-state index in [2.05, 4.69) is 21.0 Å². The number of hydrogen-bond donors (Lipinski definition) is 0. The predicted octanol–water partition coefficient (Wildman–Crippen LogP) is 4.02. The van der Waals surface area contributed by atoms with Crippen molar-refractivity contribution in [3.05, 3.63) is 43.2 Å². The van der Waals surface area contributed by atoms with Gasteiger partial charge in [-0.25, -0.2) is 9.48 Å². The third-order valence-electron chi connectivity index (χ3n) is 3.31. The van der Waals surface area contributed by atoms with E-state index in [9.17, 15) is 9.59 Å². The average Bonchev–Trinajstić information content (AvgIpc) is 2.47. The number of benzene rings is 1. The van der Waals surface area contributed by atoms with Gasteiger partial charge >= 0.3 is 6.16 Å². The Morgan fingerprint density at radius 3 is 2.58 bits per heavy atom. The minimum Gasteiger partial charge on any atom is -0.434 e. The molecule has 0 radical (unpaired) electrons. The zero-order valence-corrected chi connectivity index (χ0v) is 16.0. The number of rotatable bonds is 3. The summed E-state index contributed by atoms with van der Waals surface area (Å²) in [5, 5.41) is 4.61. The highest BCUT2D eigenvalue weighted by Gasteiger charge is 2.23. The molecule has 0 saturated carbocycles. The Morgan fingerprint density at radius 2 is 2.00 bits per heavy atom. The van der Waals surface area contributed by atoms with Gasteiger partial charge in [-0.1, -0.05) is 27.5 Å². The number of nitrogens with zero attached hydrogens (tertiary/aromatic N) is 2. The summed E-state index contributed by atoms with van der Waals surface area (Å²) in [5.74, 6) is 0.0719. The molecule has 1 aromatic carbocycles. The van der Waals surface area contributed by atoms with Gasteiger partial charge in [-0.05, 0) is 38.5 Å².